The first-order valence-electron chi connectivity index (χ1n) is 5.43. The molecule has 0 fully saturated rings. The van der Waals surface area contributed by atoms with Crippen LogP contribution in [0.15, 0.2) is 18.3 Å². The van der Waals surface area contributed by atoms with Crippen LogP contribution in [0.1, 0.15) is 28.8 Å². The topological polar surface area (TPSA) is 34.4 Å². The average Bonchev–Trinajstić information content (AvgIpc) is 2.64. The highest BCUT2D eigenvalue weighted by atomic mass is 19.4. The second-order valence-corrected chi connectivity index (χ2v) is 4.02. The van der Waals surface area contributed by atoms with Gasteiger partial charge in [-0.1, -0.05) is 13.0 Å². The van der Waals surface area contributed by atoms with Crippen molar-refractivity contribution < 1.29 is 18.0 Å². The van der Waals surface area contributed by atoms with Crippen LogP contribution in [-0.4, -0.2) is 21.3 Å². The Morgan fingerprint density at radius 3 is 2.61 bits per heavy atom. The molecule has 0 radical (unpaired) electrons. The first kappa shape index (κ1) is 12.6. The minimum absolute atomic E-state index is 0.194. The van der Waals surface area contributed by atoms with Gasteiger partial charge in [-0.05, 0) is 18.6 Å². The largest absolute Gasteiger partial charge is 0.456 e. The smallest absolute Gasteiger partial charge is 0.303 e. The second-order valence-electron chi connectivity index (χ2n) is 4.02. The zero-order chi connectivity index (χ0) is 13.5. The Hall–Kier alpha value is -1.85. The SMILES string of the molecule is CCc1nc(C(=O)C(F)(F)F)c2ccc(C)cn12. The van der Waals surface area contributed by atoms with Gasteiger partial charge >= 0.3 is 6.18 Å². The van der Waals surface area contributed by atoms with Gasteiger partial charge in [0.2, 0.25) is 0 Å². The summed E-state index contributed by atoms with van der Waals surface area (Å²) in [6, 6.07) is 3.14. The lowest BCUT2D eigenvalue weighted by Crippen LogP contribution is -2.23. The van der Waals surface area contributed by atoms with Crippen LogP contribution in [0.5, 0.6) is 0 Å². The number of alkyl halides is 3. The lowest BCUT2D eigenvalue weighted by atomic mass is 10.2. The number of hydrogen-bond donors (Lipinski definition) is 0. The van der Waals surface area contributed by atoms with Crippen molar-refractivity contribution in [2.45, 2.75) is 26.4 Å². The van der Waals surface area contributed by atoms with Gasteiger partial charge in [0.1, 0.15) is 11.5 Å². The zero-order valence-corrected chi connectivity index (χ0v) is 9.88. The highest BCUT2D eigenvalue weighted by Crippen LogP contribution is 2.24. The number of ketones is 1. The highest BCUT2D eigenvalue weighted by Gasteiger charge is 2.42. The molecule has 2 rings (SSSR count). The molecule has 2 aromatic heterocycles. The Kier molecular flexibility index (Phi) is 2.88. The van der Waals surface area contributed by atoms with Crippen molar-refractivity contribution in [2.24, 2.45) is 0 Å². The molecule has 2 aromatic rings. The molecule has 0 amide bonds. The summed E-state index contributed by atoms with van der Waals surface area (Å²) in [6.45, 7) is 3.60. The van der Waals surface area contributed by atoms with E-state index >= 15 is 0 Å². The Balaban J connectivity index is 2.70. The summed E-state index contributed by atoms with van der Waals surface area (Å²) in [5.41, 5.74) is 0.555. The van der Waals surface area contributed by atoms with Gasteiger partial charge in [-0.15, -0.1) is 0 Å². The van der Waals surface area contributed by atoms with Gasteiger partial charge in [0, 0.05) is 12.6 Å². The molecule has 3 nitrogen and oxygen atoms in total. The molecule has 18 heavy (non-hydrogen) atoms. The molecule has 0 N–H and O–H groups in total. The molecule has 0 unspecified atom stereocenters. The fraction of sp³-hybridized carbons (Fsp3) is 0.333. The summed E-state index contributed by atoms with van der Waals surface area (Å²) in [7, 11) is 0. The van der Waals surface area contributed by atoms with Crippen LogP contribution in [-0.2, 0) is 6.42 Å². The van der Waals surface area contributed by atoms with Gasteiger partial charge in [0.05, 0.1) is 5.52 Å². The number of fused-ring (bicyclic) bond motifs is 1. The molecule has 0 aliphatic carbocycles. The predicted molar refractivity (Wildman–Crippen MR) is 59.7 cm³/mol. The maximum absolute atomic E-state index is 12.5. The van der Waals surface area contributed by atoms with Crippen molar-refractivity contribution in [3.63, 3.8) is 0 Å². The van der Waals surface area contributed by atoms with E-state index in [4.69, 9.17) is 0 Å². The first-order valence-corrected chi connectivity index (χ1v) is 5.43. The van der Waals surface area contributed by atoms with Gasteiger partial charge in [0.15, 0.2) is 0 Å². The number of aryl methyl sites for hydroxylation is 2. The molecule has 0 spiro atoms. The number of halogens is 3. The first-order chi connectivity index (χ1) is 8.34. The van der Waals surface area contributed by atoms with Crippen LogP contribution in [0.3, 0.4) is 0 Å². The van der Waals surface area contributed by atoms with E-state index < -0.39 is 17.7 Å². The monoisotopic (exact) mass is 256 g/mol. The minimum atomic E-state index is -4.90. The Morgan fingerprint density at radius 1 is 1.39 bits per heavy atom. The van der Waals surface area contributed by atoms with E-state index in [0.717, 1.165) is 5.56 Å². The molecule has 6 heteroatoms. The summed E-state index contributed by atoms with van der Waals surface area (Å²) >= 11 is 0. The van der Waals surface area contributed by atoms with E-state index in [2.05, 4.69) is 4.98 Å². The lowest BCUT2D eigenvalue weighted by Gasteiger charge is -2.03. The average molecular weight is 256 g/mol. The predicted octanol–water partition coefficient (Wildman–Crippen LogP) is 2.95. The number of Topliss-reactive ketones (excluding diaryl/α,β-unsaturated/α-hetero) is 1. The second kappa shape index (κ2) is 4.12. The van der Waals surface area contributed by atoms with Crippen LogP contribution in [0, 0.1) is 6.92 Å². The lowest BCUT2D eigenvalue weighted by molar-refractivity contribution is -0.0887. The number of aromatic nitrogens is 2. The van der Waals surface area contributed by atoms with Gasteiger partial charge in [-0.25, -0.2) is 4.98 Å². The maximum atomic E-state index is 12.5. The highest BCUT2D eigenvalue weighted by molar-refractivity contribution is 6.04. The van der Waals surface area contributed by atoms with Gasteiger partial charge in [-0.2, -0.15) is 13.2 Å². The fourth-order valence-corrected chi connectivity index (χ4v) is 1.80. The Bertz CT molecular complexity index is 614. The molecule has 0 aliphatic heterocycles. The minimum Gasteiger partial charge on any atom is -0.303 e. The van der Waals surface area contributed by atoms with Crippen molar-refractivity contribution >= 4 is 11.3 Å². The van der Waals surface area contributed by atoms with Crippen LogP contribution >= 0.6 is 0 Å². The third-order valence-corrected chi connectivity index (χ3v) is 2.65. The fourth-order valence-electron chi connectivity index (χ4n) is 1.80. The van der Waals surface area contributed by atoms with Gasteiger partial charge in [0.25, 0.3) is 5.78 Å². The standard InChI is InChI=1S/C12H11F3N2O/c1-3-9-16-10(11(18)12(13,14)15)8-5-4-7(2)6-17(8)9/h4-6H,3H2,1-2H3. The molecule has 96 valence electrons. The molecule has 0 saturated carbocycles. The Labute approximate surface area is 101 Å². The molecule has 0 aromatic carbocycles. The van der Waals surface area contributed by atoms with Crippen molar-refractivity contribution in [2.75, 3.05) is 0 Å². The van der Waals surface area contributed by atoms with Gasteiger partial charge in [-0.3, -0.25) is 4.79 Å². The van der Waals surface area contributed by atoms with E-state index in [0.29, 0.717) is 12.2 Å². The summed E-state index contributed by atoms with van der Waals surface area (Å²) in [5, 5.41) is 0. The summed E-state index contributed by atoms with van der Waals surface area (Å²) in [4.78, 5) is 15.1. The quantitative estimate of drug-likeness (QED) is 0.774. The van der Waals surface area contributed by atoms with Gasteiger partial charge < -0.3 is 4.40 Å². The number of nitrogens with zero attached hydrogens (tertiary/aromatic N) is 2. The number of imidazole rings is 1. The third-order valence-electron chi connectivity index (χ3n) is 2.65. The normalized spacial score (nSPS) is 12.1. The maximum Gasteiger partial charge on any atom is 0.456 e. The van der Waals surface area contributed by atoms with Crippen LogP contribution in [0.25, 0.3) is 5.52 Å². The molecule has 0 atom stereocenters. The van der Waals surface area contributed by atoms with Crippen LogP contribution in [0.4, 0.5) is 13.2 Å². The number of rotatable bonds is 2. The molecule has 0 aliphatic rings. The molecule has 0 bridgehead atoms. The Morgan fingerprint density at radius 2 is 2.06 bits per heavy atom. The molecule has 2 heterocycles. The van der Waals surface area contributed by atoms with E-state index in [-0.39, 0.29) is 5.52 Å². The zero-order valence-electron chi connectivity index (χ0n) is 9.88. The van der Waals surface area contributed by atoms with Crippen molar-refractivity contribution in [1.29, 1.82) is 0 Å². The summed E-state index contributed by atoms with van der Waals surface area (Å²) in [5.74, 6) is -1.45. The molecule has 0 saturated heterocycles. The number of carbonyl (C=O) groups is 1. The summed E-state index contributed by atoms with van der Waals surface area (Å²) in [6.07, 6.45) is -2.77. The van der Waals surface area contributed by atoms with Crippen molar-refractivity contribution in [3.05, 3.63) is 35.4 Å². The number of carbonyl (C=O) groups excluding carboxylic acids is 1. The molecular weight excluding hydrogens is 245 g/mol. The molecular formula is C12H11F3N2O. The van der Waals surface area contributed by atoms with E-state index in [1.807, 2.05) is 6.92 Å². The van der Waals surface area contributed by atoms with Crippen LogP contribution < -0.4 is 0 Å². The van der Waals surface area contributed by atoms with Crippen molar-refractivity contribution in [3.8, 4) is 0 Å². The number of pyridine rings is 1. The third kappa shape index (κ3) is 1.98. The number of hydrogen-bond acceptors (Lipinski definition) is 2. The van der Waals surface area contributed by atoms with Crippen molar-refractivity contribution in [1.82, 2.24) is 9.38 Å². The van der Waals surface area contributed by atoms with E-state index in [9.17, 15) is 18.0 Å². The summed E-state index contributed by atoms with van der Waals surface area (Å²) < 4.78 is 38.9. The van der Waals surface area contributed by atoms with E-state index in [1.54, 1.807) is 19.2 Å². The van der Waals surface area contributed by atoms with E-state index in [1.165, 1.54) is 10.5 Å². The van der Waals surface area contributed by atoms with Crippen LogP contribution in [0.2, 0.25) is 0 Å².